The van der Waals surface area contributed by atoms with Crippen molar-refractivity contribution in [2.45, 2.75) is 20.3 Å². The van der Waals surface area contributed by atoms with Crippen LogP contribution < -0.4 is 0 Å². The fraction of sp³-hybridized carbons (Fsp3) is 0.214. The molecule has 0 aliphatic rings. The van der Waals surface area contributed by atoms with Gasteiger partial charge < -0.3 is 0 Å². The van der Waals surface area contributed by atoms with Crippen LogP contribution in [0.4, 0.5) is 0 Å². The molecule has 0 saturated heterocycles. The van der Waals surface area contributed by atoms with Gasteiger partial charge in [0.2, 0.25) is 0 Å². The van der Waals surface area contributed by atoms with Gasteiger partial charge in [-0.3, -0.25) is 4.98 Å². The molecule has 1 nitrogen and oxygen atoms in total. The zero-order valence-corrected chi connectivity index (χ0v) is 9.20. The molecule has 0 spiro atoms. The van der Waals surface area contributed by atoms with Gasteiger partial charge in [-0.15, -0.1) is 0 Å². The minimum Gasteiger partial charge on any atom is -0.264 e. The van der Waals surface area contributed by atoms with Gasteiger partial charge in [-0.2, -0.15) is 0 Å². The molecule has 0 N–H and O–H groups in total. The first-order chi connectivity index (χ1) is 7.36. The van der Waals surface area contributed by atoms with E-state index < -0.39 is 0 Å². The Morgan fingerprint density at radius 1 is 1.33 bits per heavy atom. The molecule has 2 rings (SSSR count). The Kier molecular flexibility index (Phi) is 2.82. The molecule has 0 aliphatic heterocycles. The molecule has 1 aromatic heterocycles. The third kappa shape index (κ3) is 1.78. The van der Waals surface area contributed by atoms with Crippen molar-refractivity contribution in [3.05, 3.63) is 48.3 Å². The minimum absolute atomic E-state index is 1.06. The Hall–Kier alpha value is -1.63. The fourth-order valence-corrected chi connectivity index (χ4v) is 1.94. The number of benzene rings is 1. The molecule has 76 valence electrons. The zero-order chi connectivity index (χ0) is 10.7. The van der Waals surface area contributed by atoms with Gasteiger partial charge in [0.15, 0.2) is 0 Å². The molecule has 0 radical (unpaired) electrons. The highest BCUT2D eigenvalue weighted by molar-refractivity contribution is 5.93. The summed E-state index contributed by atoms with van der Waals surface area (Å²) in [5, 5.41) is 2.50. The fourth-order valence-electron chi connectivity index (χ4n) is 1.94. The number of hydrogen-bond acceptors (Lipinski definition) is 1. The van der Waals surface area contributed by atoms with Crippen molar-refractivity contribution in [3.63, 3.8) is 0 Å². The van der Waals surface area contributed by atoms with Crippen LogP contribution in [-0.4, -0.2) is 4.98 Å². The van der Waals surface area contributed by atoms with Crippen LogP contribution in [0.15, 0.2) is 42.7 Å². The summed E-state index contributed by atoms with van der Waals surface area (Å²) in [5.41, 5.74) is 2.69. The summed E-state index contributed by atoms with van der Waals surface area (Å²) >= 11 is 0. The smallest absolute Gasteiger partial charge is 0.0352 e. The first kappa shape index (κ1) is 9.91. The van der Waals surface area contributed by atoms with E-state index in [9.17, 15) is 0 Å². The van der Waals surface area contributed by atoms with E-state index >= 15 is 0 Å². The Balaban J connectivity index is 2.71. The quantitative estimate of drug-likeness (QED) is 0.707. The van der Waals surface area contributed by atoms with Crippen molar-refractivity contribution in [1.29, 1.82) is 0 Å². The van der Waals surface area contributed by atoms with Crippen LogP contribution in [-0.2, 0) is 0 Å². The van der Waals surface area contributed by atoms with Gasteiger partial charge in [-0.05, 0) is 35.9 Å². The molecular formula is C14H15N. The number of nitrogens with zero attached hydrogens (tertiary/aromatic N) is 1. The summed E-state index contributed by atoms with van der Waals surface area (Å²) in [4.78, 5) is 4.20. The minimum atomic E-state index is 1.06. The van der Waals surface area contributed by atoms with E-state index in [2.05, 4.69) is 49.2 Å². The summed E-state index contributed by atoms with van der Waals surface area (Å²) in [6.07, 6.45) is 7.03. The highest BCUT2D eigenvalue weighted by atomic mass is 14.6. The summed E-state index contributed by atoms with van der Waals surface area (Å²) in [5.74, 6) is 0. The molecule has 0 amide bonds. The van der Waals surface area contributed by atoms with E-state index in [4.69, 9.17) is 0 Å². The Bertz CT molecular complexity index is 492. The Labute approximate surface area is 90.5 Å². The standard InChI is InChI=1S/C14H15N/c1-3-11(4-2)13-7-5-6-12-8-9-15-10-14(12)13/h3,5-10H,4H2,1-2H3/b11-3+. The van der Waals surface area contributed by atoms with Gasteiger partial charge in [0.25, 0.3) is 0 Å². The summed E-state index contributed by atoms with van der Waals surface area (Å²) in [7, 11) is 0. The molecule has 1 heteroatoms. The van der Waals surface area contributed by atoms with Gasteiger partial charge in [-0.25, -0.2) is 0 Å². The lowest BCUT2D eigenvalue weighted by Gasteiger charge is -2.08. The van der Waals surface area contributed by atoms with Crippen LogP contribution in [0.25, 0.3) is 16.3 Å². The molecule has 1 aromatic carbocycles. The third-order valence-corrected chi connectivity index (χ3v) is 2.76. The lowest BCUT2D eigenvalue weighted by Crippen LogP contribution is -1.86. The normalized spacial score (nSPS) is 12.0. The first-order valence-electron chi connectivity index (χ1n) is 5.35. The predicted octanol–water partition coefficient (Wildman–Crippen LogP) is 4.05. The van der Waals surface area contributed by atoms with E-state index in [-0.39, 0.29) is 0 Å². The van der Waals surface area contributed by atoms with Gasteiger partial charge >= 0.3 is 0 Å². The molecule has 0 unspecified atom stereocenters. The first-order valence-corrected chi connectivity index (χ1v) is 5.35. The number of hydrogen-bond donors (Lipinski definition) is 0. The number of pyridine rings is 1. The van der Waals surface area contributed by atoms with Crippen LogP contribution >= 0.6 is 0 Å². The number of fused-ring (bicyclic) bond motifs is 1. The van der Waals surface area contributed by atoms with E-state index in [0.29, 0.717) is 0 Å². The van der Waals surface area contributed by atoms with Crippen molar-refractivity contribution < 1.29 is 0 Å². The second kappa shape index (κ2) is 4.26. The summed E-state index contributed by atoms with van der Waals surface area (Å²) < 4.78 is 0. The zero-order valence-electron chi connectivity index (χ0n) is 9.20. The van der Waals surface area contributed by atoms with Crippen LogP contribution in [0.2, 0.25) is 0 Å². The average Bonchev–Trinajstić information content (AvgIpc) is 2.31. The van der Waals surface area contributed by atoms with E-state index in [1.165, 1.54) is 21.9 Å². The highest BCUT2D eigenvalue weighted by Crippen LogP contribution is 2.26. The SMILES string of the molecule is C/C=C(\CC)c1cccc2ccncc12. The van der Waals surface area contributed by atoms with Crippen LogP contribution in [0.5, 0.6) is 0 Å². The van der Waals surface area contributed by atoms with Crippen LogP contribution in [0.3, 0.4) is 0 Å². The number of allylic oxidation sites excluding steroid dienone is 2. The number of aromatic nitrogens is 1. The molecule has 1 heterocycles. The predicted molar refractivity (Wildman–Crippen MR) is 65.7 cm³/mol. The Morgan fingerprint density at radius 3 is 2.93 bits per heavy atom. The summed E-state index contributed by atoms with van der Waals surface area (Å²) in [6.45, 7) is 4.28. The van der Waals surface area contributed by atoms with Crippen molar-refractivity contribution in [3.8, 4) is 0 Å². The molecule has 0 aliphatic carbocycles. The van der Waals surface area contributed by atoms with E-state index in [1.54, 1.807) is 0 Å². The van der Waals surface area contributed by atoms with Gasteiger partial charge in [-0.1, -0.05) is 31.2 Å². The highest BCUT2D eigenvalue weighted by Gasteiger charge is 2.03. The molecule has 0 fully saturated rings. The molecular weight excluding hydrogens is 182 g/mol. The third-order valence-electron chi connectivity index (χ3n) is 2.76. The lowest BCUT2D eigenvalue weighted by atomic mass is 9.98. The molecule has 15 heavy (non-hydrogen) atoms. The maximum Gasteiger partial charge on any atom is 0.0352 e. The maximum atomic E-state index is 4.20. The summed E-state index contributed by atoms with van der Waals surface area (Å²) in [6, 6.07) is 8.46. The second-order valence-corrected chi connectivity index (χ2v) is 3.57. The molecule has 0 bridgehead atoms. The lowest BCUT2D eigenvalue weighted by molar-refractivity contribution is 1.24. The van der Waals surface area contributed by atoms with Crippen molar-refractivity contribution in [1.82, 2.24) is 4.98 Å². The van der Waals surface area contributed by atoms with E-state index in [0.717, 1.165) is 6.42 Å². The topological polar surface area (TPSA) is 12.9 Å². The maximum absolute atomic E-state index is 4.20. The molecule has 0 saturated carbocycles. The largest absolute Gasteiger partial charge is 0.264 e. The van der Waals surface area contributed by atoms with Gasteiger partial charge in [0.1, 0.15) is 0 Å². The molecule has 2 aromatic rings. The van der Waals surface area contributed by atoms with E-state index in [1.807, 2.05) is 12.4 Å². The van der Waals surface area contributed by atoms with Crippen LogP contribution in [0, 0.1) is 0 Å². The van der Waals surface area contributed by atoms with Crippen molar-refractivity contribution in [2.24, 2.45) is 0 Å². The Morgan fingerprint density at radius 2 is 2.20 bits per heavy atom. The number of rotatable bonds is 2. The van der Waals surface area contributed by atoms with Crippen LogP contribution in [0.1, 0.15) is 25.8 Å². The van der Waals surface area contributed by atoms with Crippen molar-refractivity contribution in [2.75, 3.05) is 0 Å². The molecule has 0 atom stereocenters. The second-order valence-electron chi connectivity index (χ2n) is 3.57. The van der Waals surface area contributed by atoms with Gasteiger partial charge in [0, 0.05) is 17.8 Å². The average molecular weight is 197 g/mol. The van der Waals surface area contributed by atoms with Crippen molar-refractivity contribution >= 4 is 16.3 Å². The monoisotopic (exact) mass is 197 g/mol. The van der Waals surface area contributed by atoms with Gasteiger partial charge in [0.05, 0.1) is 0 Å².